The molecule has 4 rings (SSSR count). The lowest BCUT2D eigenvalue weighted by atomic mass is 10.1. The quantitative estimate of drug-likeness (QED) is 0.334. The molecule has 0 N–H and O–H groups in total. The van der Waals surface area contributed by atoms with Gasteiger partial charge in [0.15, 0.2) is 0 Å². The minimum atomic E-state index is 0.0181. The van der Waals surface area contributed by atoms with Crippen molar-refractivity contribution in [1.82, 2.24) is 19.6 Å². The zero-order valence-electron chi connectivity index (χ0n) is 23.6. The first kappa shape index (κ1) is 28.2. The van der Waals surface area contributed by atoms with E-state index in [-0.39, 0.29) is 11.6 Å². The Labute approximate surface area is 233 Å². The molecular weight excluding hydrogens is 484 g/mol. The van der Waals surface area contributed by atoms with Gasteiger partial charge in [-0.05, 0) is 70.0 Å². The third kappa shape index (κ3) is 7.19. The summed E-state index contributed by atoms with van der Waals surface area (Å²) in [4.78, 5) is 25.5. The van der Waals surface area contributed by atoms with Crippen LogP contribution in [0.15, 0.2) is 54.0 Å². The van der Waals surface area contributed by atoms with Gasteiger partial charge in [0, 0.05) is 51.4 Å². The molecule has 39 heavy (non-hydrogen) atoms. The normalized spacial score (nSPS) is 17.1. The van der Waals surface area contributed by atoms with E-state index in [0.717, 1.165) is 32.7 Å². The smallest absolute Gasteiger partial charge is 0.300 e. The number of hydrogen-bond donors (Lipinski definition) is 0. The van der Waals surface area contributed by atoms with Gasteiger partial charge in [0.25, 0.3) is 5.91 Å². The minimum absolute atomic E-state index is 0.0181. The Morgan fingerprint density at radius 2 is 1.62 bits per heavy atom. The molecule has 0 radical (unpaired) electrons. The number of likely N-dealkylation sites (N-methyl/N-ethyl adjacent to an activating group) is 1. The van der Waals surface area contributed by atoms with E-state index < -0.39 is 0 Å². The number of rotatable bonds is 9. The number of benzene rings is 2. The maximum absolute atomic E-state index is 13.4. The van der Waals surface area contributed by atoms with Crippen molar-refractivity contribution >= 4 is 5.91 Å². The SMILES string of the molecule is [C-]#[N+]/C(C#N)=C1\N(CCN(CC)C(=O)c2ccc(CN3CCCCC3)cc2)CCN1Cc1cc(C)cc(C)c1. The van der Waals surface area contributed by atoms with Crippen LogP contribution in [0.3, 0.4) is 0 Å². The van der Waals surface area contributed by atoms with Crippen LogP contribution in [0.25, 0.3) is 4.85 Å². The van der Waals surface area contributed by atoms with Crippen LogP contribution in [-0.2, 0) is 13.1 Å². The van der Waals surface area contributed by atoms with Gasteiger partial charge in [0.1, 0.15) is 5.82 Å². The summed E-state index contributed by atoms with van der Waals surface area (Å²) in [6, 6.07) is 16.6. The average Bonchev–Trinajstić information content (AvgIpc) is 3.32. The van der Waals surface area contributed by atoms with Crippen LogP contribution >= 0.6 is 0 Å². The summed E-state index contributed by atoms with van der Waals surface area (Å²) >= 11 is 0. The lowest BCUT2D eigenvalue weighted by Crippen LogP contribution is -2.38. The highest BCUT2D eigenvalue weighted by Gasteiger charge is 2.29. The van der Waals surface area contributed by atoms with Gasteiger partial charge in [-0.3, -0.25) is 9.69 Å². The van der Waals surface area contributed by atoms with Crippen molar-refractivity contribution < 1.29 is 4.79 Å². The van der Waals surface area contributed by atoms with Crippen molar-refractivity contribution in [3.63, 3.8) is 0 Å². The van der Waals surface area contributed by atoms with Gasteiger partial charge in [0.05, 0.1) is 12.6 Å². The highest BCUT2D eigenvalue weighted by atomic mass is 16.2. The molecule has 0 atom stereocenters. The molecule has 2 fully saturated rings. The predicted octanol–water partition coefficient (Wildman–Crippen LogP) is 5.18. The number of likely N-dealkylation sites (tertiary alicyclic amines) is 1. The van der Waals surface area contributed by atoms with Gasteiger partial charge >= 0.3 is 5.70 Å². The Hall–Kier alpha value is -3.81. The summed E-state index contributed by atoms with van der Waals surface area (Å²) in [7, 11) is 0. The second kappa shape index (κ2) is 13.3. The maximum Gasteiger partial charge on any atom is 0.300 e. The fourth-order valence-corrected chi connectivity index (χ4v) is 5.79. The van der Waals surface area contributed by atoms with Gasteiger partial charge in [0.2, 0.25) is 0 Å². The maximum atomic E-state index is 13.4. The molecule has 2 aliphatic rings. The van der Waals surface area contributed by atoms with Crippen LogP contribution in [0, 0.1) is 31.8 Å². The van der Waals surface area contributed by atoms with Crippen molar-refractivity contribution in [2.75, 3.05) is 45.8 Å². The molecular formula is C32H40N6O. The highest BCUT2D eigenvalue weighted by molar-refractivity contribution is 5.94. The van der Waals surface area contributed by atoms with E-state index in [0.29, 0.717) is 37.6 Å². The van der Waals surface area contributed by atoms with E-state index in [2.05, 4.69) is 69.8 Å². The standard InChI is InChI=1S/C32H40N6O/c1-5-36(32(39)29-11-9-27(10-12-29)23-35-13-7-6-8-14-35)15-16-37-17-18-38(31(37)30(22-33)34-4)24-28-20-25(2)19-26(3)21-28/h9-12,19-21H,5-8,13-18,23-24H2,1-3H3/b31-30+. The molecule has 0 aromatic heterocycles. The van der Waals surface area contributed by atoms with Gasteiger partial charge < -0.3 is 14.7 Å². The number of piperidine rings is 1. The summed E-state index contributed by atoms with van der Waals surface area (Å²) < 4.78 is 0. The summed E-state index contributed by atoms with van der Waals surface area (Å²) in [6.07, 6.45) is 3.86. The zero-order valence-corrected chi connectivity index (χ0v) is 23.6. The number of carbonyl (C=O) groups excluding carboxylic acids is 1. The first-order chi connectivity index (χ1) is 18.9. The summed E-state index contributed by atoms with van der Waals surface area (Å²) in [5.74, 6) is 0.696. The minimum Gasteiger partial charge on any atom is -0.363 e. The summed E-state index contributed by atoms with van der Waals surface area (Å²) in [5.41, 5.74) is 5.63. The van der Waals surface area contributed by atoms with E-state index in [4.69, 9.17) is 6.57 Å². The topological polar surface area (TPSA) is 58.2 Å². The van der Waals surface area contributed by atoms with Crippen molar-refractivity contribution in [2.24, 2.45) is 0 Å². The Morgan fingerprint density at radius 1 is 0.949 bits per heavy atom. The molecule has 2 aromatic carbocycles. The van der Waals surface area contributed by atoms with E-state index >= 15 is 0 Å². The number of carbonyl (C=O) groups is 1. The van der Waals surface area contributed by atoms with Crippen molar-refractivity contribution in [1.29, 1.82) is 5.26 Å². The third-order valence-corrected chi connectivity index (χ3v) is 7.69. The van der Waals surface area contributed by atoms with E-state index in [1.807, 2.05) is 24.0 Å². The number of nitrogens with zero attached hydrogens (tertiary/aromatic N) is 6. The lowest BCUT2D eigenvalue weighted by Gasteiger charge is -2.29. The Kier molecular flexibility index (Phi) is 9.63. The first-order valence-electron chi connectivity index (χ1n) is 14.1. The fraction of sp³-hybridized carbons (Fsp3) is 0.469. The van der Waals surface area contributed by atoms with E-state index in [1.54, 1.807) is 0 Å². The van der Waals surface area contributed by atoms with Crippen molar-refractivity contribution in [3.8, 4) is 6.07 Å². The van der Waals surface area contributed by atoms with Crippen LogP contribution < -0.4 is 0 Å². The summed E-state index contributed by atoms with van der Waals surface area (Å²) in [6.45, 7) is 20.8. The van der Waals surface area contributed by atoms with Crippen molar-refractivity contribution in [3.05, 3.63) is 93.2 Å². The van der Waals surface area contributed by atoms with E-state index in [1.165, 1.54) is 41.5 Å². The molecule has 7 nitrogen and oxygen atoms in total. The Morgan fingerprint density at radius 3 is 2.23 bits per heavy atom. The van der Waals surface area contributed by atoms with Gasteiger partial charge in [-0.25, -0.2) is 10.1 Å². The molecule has 204 valence electrons. The average molecular weight is 525 g/mol. The molecule has 2 saturated heterocycles. The monoisotopic (exact) mass is 524 g/mol. The first-order valence-corrected chi connectivity index (χ1v) is 14.1. The number of aryl methyl sites for hydroxylation is 2. The zero-order chi connectivity index (χ0) is 27.8. The van der Waals surface area contributed by atoms with Gasteiger partial charge in [-0.1, -0.05) is 47.9 Å². The van der Waals surface area contributed by atoms with Crippen molar-refractivity contribution in [2.45, 2.75) is 53.1 Å². The Bertz CT molecular complexity index is 1230. The van der Waals surface area contributed by atoms with Crippen LogP contribution in [0.2, 0.25) is 0 Å². The van der Waals surface area contributed by atoms with Crippen LogP contribution in [0.4, 0.5) is 0 Å². The molecule has 2 heterocycles. The number of nitriles is 1. The molecule has 7 heteroatoms. The molecule has 0 aliphatic carbocycles. The molecule has 0 saturated carbocycles. The molecule has 2 aliphatic heterocycles. The van der Waals surface area contributed by atoms with Crippen LogP contribution in [-0.4, -0.2) is 71.3 Å². The molecule has 2 aromatic rings. The molecule has 0 bridgehead atoms. The second-order valence-corrected chi connectivity index (χ2v) is 10.7. The number of allylic oxidation sites excluding steroid dienone is 1. The van der Waals surface area contributed by atoms with Gasteiger partial charge in [-0.2, -0.15) is 0 Å². The largest absolute Gasteiger partial charge is 0.363 e. The van der Waals surface area contributed by atoms with E-state index in [9.17, 15) is 10.1 Å². The van der Waals surface area contributed by atoms with Crippen LogP contribution in [0.5, 0.6) is 0 Å². The second-order valence-electron chi connectivity index (χ2n) is 10.7. The van der Waals surface area contributed by atoms with Crippen LogP contribution in [0.1, 0.15) is 58.8 Å². The molecule has 0 unspecified atom stereocenters. The predicted molar refractivity (Wildman–Crippen MR) is 154 cm³/mol. The third-order valence-electron chi connectivity index (χ3n) is 7.69. The number of hydrogen-bond acceptors (Lipinski definition) is 5. The number of amides is 1. The fourth-order valence-electron chi connectivity index (χ4n) is 5.79. The molecule has 0 spiro atoms. The lowest BCUT2D eigenvalue weighted by molar-refractivity contribution is 0.0752. The molecule has 1 amide bonds. The Balaban J connectivity index is 1.41. The highest BCUT2D eigenvalue weighted by Crippen LogP contribution is 2.26. The van der Waals surface area contributed by atoms with Gasteiger partial charge in [-0.15, -0.1) is 0 Å². The summed E-state index contributed by atoms with van der Waals surface area (Å²) in [5, 5.41) is 9.72.